The molecule has 1 N–H and O–H groups in total. The van der Waals surface area contributed by atoms with Crippen molar-refractivity contribution in [2.75, 3.05) is 18.6 Å². The lowest BCUT2D eigenvalue weighted by Crippen LogP contribution is -2.22. The minimum Gasteiger partial charge on any atom is -0.410 e. The molecule has 3 nitrogen and oxygen atoms in total. The second kappa shape index (κ2) is 8.32. The fourth-order valence-electron chi connectivity index (χ4n) is 1.45. The van der Waals surface area contributed by atoms with Crippen LogP contribution in [-0.4, -0.2) is 24.6 Å². The molecule has 0 aromatic heterocycles. The minimum absolute atomic E-state index is 0.306. The molecule has 0 aliphatic rings. The lowest BCUT2D eigenvalue weighted by Gasteiger charge is -2.18. The number of carbonyl (C=O) groups excluding carboxylic acids is 1. The quantitative estimate of drug-likeness (QED) is 0.804. The number of para-hydroxylation sites is 1. The zero-order valence-electron chi connectivity index (χ0n) is 10.9. The molecule has 1 amide bonds. The van der Waals surface area contributed by atoms with Crippen LogP contribution >= 0.6 is 23.5 Å². The Labute approximate surface area is 117 Å². The molecule has 0 radical (unpaired) electrons. The van der Waals surface area contributed by atoms with Gasteiger partial charge in [0.2, 0.25) is 0 Å². The summed E-state index contributed by atoms with van der Waals surface area (Å²) < 4.78 is 5.60. The van der Waals surface area contributed by atoms with Gasteiger partial charge in [-0.2, -0.15) is 0 Å². The van der Waals surface area contributed by atoms with Crippen LogP contribution < -0.4 is 10.1 Å². The minimum atomic E-state index is -0.427. The van der Waals surface area contributed by atoms with Crippen LogP contribution in [0.2, 0.25) is 0 Å². The van der Waals surface area contributed by atoms with E-state index in [0.29, 0.717) is 10.3 Å². The van der Waals surface area contributed by atoms with E-state index in [0.717, 1.165) is 17.1 Å². The summed E-state index contributed by atoms with van der Waals surface area (Å²) in [6, 6.07) is 7.72. The van der Waals surface area contributed by atoms with Gasteiger partial charge in [-0.25, -0.2) is 4.79 Å². The molecule has 0 saturated heterocycles. The standard InChI is InChI=1S/C13H19NO2S2/c1-4-17-12(18-5-2)10-8-6-7-9-11(10)16-13(15)14-3/h6-9,12H,4-5H2,1-3H3,(H,14,15). The monoisotopic (exact) mass is 285 g/mol. The van der Waals surface area contributed by atoms with Crippen molar-refractivity contribution in [2.24, 2.45) is 0 Å². The van der Waals surface area contributed by atoms with Gasteiger partial charge in [-0.05, 0) is 17.6 Å². The molecule has 5 heteroatoms. The Morgan fingerprint density at radius 2 is 1.89 bits per heavy atom. The average molecular weight is 285 g/mol. The molecular weight excluding hydrogens is 266 g/mol. The van der Waals surface area contributed by atoms with E-state index < -0.39 is 6.09 Å². The Morgan fingerprint density at radius 3 is 2.44 bits per heavy atom. The Bertz CT molecular complexity index is 379. The van der Waals surface area contributed by atoms with Crippen molar-refractivity contribution in [3.05, 3.63) is 29.8 Å². The van der Waals surface area contributed by atoms with E-state index in [2.05, 4.69) is 19.2 Å². The first-order valence-corrected chi connectivity index (χ1v) is 8.04. The predicted octanol–water partition coefficient (Wildman–Crippen LogP) is 3.91. The van der Waals surface area contributed by atoms with Crippen molar-refractivity contribution in [1.82, 2.24) is 5.32 Å². The van der Waals surface area contributed by atoms with Crippen LogP contribution in [-0.2, 0) is 0 Å². The molecule has 0 aliphatic heterocycles. The third-order valence-corrected chi connectivity index (χ3v) is 4.81. The summed E-state index contributed by atoms with van der Waals surface area (Å²) in [5.41, 5.74) is 1.07. The molecule has 0 fully saturated rings. The Balaban J connectivity index is 2.93. The van der Waals surface area contributed by atoms with Crippen LogP contribution in [0.3, 0.4) is 0 Å². The number of thioether (sulfide) groups is 2. The van der Waals surface area contributed by atoms with Crippen LogP contribution in [0.5, 0.6) is 5.75 Å². The van der Waals surface area contributed by atoms with Gasteiger partial charge in [-0.15, -0.1) is 23.5 Å². The van der Waals surface area contributed by atoms with Gasteiger partial charge in [0.25, 0.3) is 0 Å². The van der Waals surface area contributed by atoms with E-state index in [1.54, 1.807) is 7.05 Å². The van der Waals surface area contributed by atoms with Crippen molar-refractivity contribution in [2.45, 2.75) is 18.4 Å². The van der Waals surface area contributed by atoms with Crippen molar-refractivity contribution in [3.63, 3.8) is 0 Å². The third-order valence-electron chi connectivity index (χ3n) is 2.22. The number of hydrogen-bond donors (Lipinski definition) is 1. The summed E-state index contributed by atoms with van der Waals surface area (Å²) in [5.74, 6) is 2.71. The molecule has 0 spiro atoms. The first-order valence-electron chi connectivity index (χ1n) is 5.94. The predicted molar refractivity (Wildman–Crippen MR) is 80.5 cm³/mol. The van der Waals surface area contributed by atoms with Gasteiger partial charge < -0.3 is 10.1 Å². The third kappa shape index (κ3) is 4.46. The number of hydrogen-bond acceptors (Lipinski definition) is 4. The zero-order valence-corrected chi connectivity index (χ0v) is 12.6. The molecule has 18 heavy (non-hydrogen) atoms. The highest BCUT2D eigenvalue weighted by Gasteiger charge is 2.17. The molecule has 0 aliphatic carbocycles. The summed E-state index contributed by atoms with van der Waals surface area (Å²) >= 11 is 3.71. The SMILES string of the molecule is CCSC(SCC)c1ccccc1OC(=O)NC. The van der Waals surface area contributed by atoms with Gasteiger partial charge >= 0.3 is 6.09 Å². The second-order valence-electron chi connectivity index (χ2n) is 3.42. The maximum Gasteiger partial charge on any atom is 0.412 e. The van der Waals surface area contributed by atoms with Gasteiger partial charge in [-0.1, -0.05) is 32.0 Å². The summed E-state index contributed by atoms with van der Waals surface area (Å²) in [6.45, 7) is 4.27. The highest BCUT2D eigenvalue weighted by Crippen LogP contribution is 2.43. The van der Waals surface area contributed by atoms with Crippen molar-refractivity contribution in [1.29, 1.82) is 0 Å². The highest BCUT2D eigenvalue weighted by atomic mass is 32.2. The van der Waals surface area contributed by atoms with Crippen LogP contribution in [0.1, 0.15) is 24.0 Å². The van der Waals surface area contributed by atoms with Crippen LogP contribution in [0.4, 0.5) is 4.79 Å². The second-order valence-corrected chi connectivity index (χ2v) is 6.48. The van der Waals surface area contributed by atoms with Crippen LogP contribution in [0, 0.1) is 0 Å². The molecule has 1 aromatic rings. The van der Waals surface area contributed by atoms with E-state index >= 15 is 0 Å². The van der Waals surface area contributed by atoms with E-state index in [-0.39, 0.29) is 0 Å². The molecule has 0 atom stereocenters. The number of rotatable bonds is 6. The fourth-order valence-corrected chi connectivity index (χ4v) is 4.00. The first-order chi connectivity index (χ1) is 8.72. The fraction of sp³-hybridized carbons (Fsp3) is 0.462. The molecule has 0 heterocycles. The number of carbonyl (C=O) groups is 1. The maximum absolute atomic E-state index is 11.3. The number of nitrogens with one attached hydrogen (secondary N) is 1. The van der Waals surface area contributed by atoms with Gasteiger partial charge in [-0.3, -0.25) is 0 Å². The molecule has 1 aromatic carbocycles. The Morgan fingerprint density at radius 1 is 1.28 bits per heavy atom. The highest BCUT2D eigenvalue weighted by molar-refractivity contribution is 8.16. The van der Waals surface area contributed by atoms with Gasteiger partial charge in [0.15, 0.2) is 0 Å². The maximum atomic E-state index is 11.3. The largest absolute Gasteiger partial charge is 0.412 e. The lowest BCUT2D eigenvalue weighted by molar-refractivity contribution is 0.202. The normalized spacial score (nSPS) is 10.4. The summed E-state index contributed by atoms with van der Waals surface area (Å²) in [5, 5.41) is 2.47. The van der Waals surface area contributed by atoms with Crippen LogP contribution in [0.15, 0.2) is 24.3 Å². The van der Waals surface area contributed by atoms with Crippen LogP contribution in [0.25, 0.3) is 0 Å². The lowest BCUT2D eigenvalue weighted by atomic mass is 10.2. The summed E-state index contributed by atoms with van der Waals surface area (Å²) in [4.78, 5) is 11.3. The van der Waals surface area contributed by atoms with E-state index in [1.165, 1.54) is 0 Å². The Kier molecular flexibility index (Phi) is 7.05. The number of benzene rings is 1. The number of amides is 1. The molecule has 100 valence electrons. The molecule has 1 rings (SSSR count). The zero-order chi connectivity index (χ0) is 13.4. The van der Waals surface area contributed by atoms with E-state index in [4.69, 9.17) is 4.74 Å². The van der Waals surface area contributed by atoms with Gasteiger partial charge in [0, 0.05) is 12.6 Å². The Hall–Kier alpha value is -0.810. The van der Waals surface area contributed by atoms with Crippen molar-refractivity contribution >= 4 is 29.6 Å². The molecule has 0 saturated carbocycles. The smallest absolute Gasteiger partial charge is 0.410 e. The average Bonchev–Trinajstić information content (AvgIpc) is 2.39. The topological polar surface area (TPSA) is 38.3 Å². The van der Waals surface area contributed by atoms with Gasteiger partial charge in [0.05, 0.1) is 4.58 Å². The summed E-state index contributed by atoms with van der Waals surface area (Å²) in [7, 11) is 1.56. The van der Waals surface area contributed by atoms with Gasteiger partial charge in [0.1, 0.15) is 5.75 Å². The van der Waals surface area contributed by atoms with E-state index in [1.807, 2.05) is 47.8 Å². The first kappa shape index (κ1) is 15.2. The molecule has 0 unspecified atom stereocenters. The van der Waals surface area contributed by atoms with Crippen molar-refractivity contribution in [3.8, 4) is 5.75 Å². The molecule has 0 bridgehead atoms. The molecular formula is C13H19NO2S2. The number of ether oxygens (including phenoxy) is 1. The van der Waals surface area contributed by atoms with Crippen molar-refractivity contribution < 1.29 is 9.53 Å². The van der Waals surface area contributed by atoms with E-state index in [9.17, 15) is 4.79 Å². The summed E-state index contributed by atoms with van der Waals surface area (Å²) in [6.07, 6.45) is -0.427.